The first-order valence-electron chi connectivity index (χ1n) is 6.76. The number of aromatic nitrogens is 3. The van der Waals surface area contributed by atoms with Crippen molar-refractivity contribution in [3.05, 3.63) is 47.3 Å². The summed E-state index contributed by atoms with van der Waals surface area (Å²) < 4.78 is 28.4. The molecular formula is C14H14F2N4O3. The zero-order valence-corrected chi connectivity index (χ0v) is 12.2. The number of nitrogens with zero attached hydrogens (tertiary/aromatic N) is 4. The van der Waals surface area contributed by atoms with Crippen LogP contribution in [0.2, 0.25) is 0 Å². The van der Waals surface area contributed by atoms with E-state index in [1.165, 1.54) is 11.0 Å². The van der Waals surface area contributed by atoms with Crippen molar-refractivity contribution in [2.24, 2.45) is 0 Å². The molecule has 23 heavy (non-hydrogen) atoms. The van der Waals surface area contributed by atoms with E-state index in [-0.39, 0.29) is 30.9 Å². The Morgan fingerprint density at radius 1 is 1.30 bits per heavy atom. The van der Waals surface area contributed by atoms with Crippen molar-refractivity contribution in [1.29, 1.82) is 0 Å². The summed E-state index contributed by atoms with van der Waals surface area (Å²) in [5.74, 6) is -3.18. The molecule has 7 nitrogen and oxygen atoms in total. The van der Waals surface area contributed by atoms with Gasteiger partial charge in [-0.3, -0.25) is 4.79 Å². The van der Waals surface area contributed by atoms with Crippen LogP contribution in [0.15, 0.2) is 24.4 Å². The molecule has 1 amide bonds. The second-order valence-electron chi connectivity index (χ2n) is 4.71. The van der Waals surface area contributed by atoms with E-state index in [1.54, 1.807) is 6.92 Å². The van der Waals surface area contributed by atoms with Gasteiger partial charge in [-0.25, -0.2) is 18.3 Å². The van der Waals surface area contributed by atoms with Gasteiger partial charge in [-0.2, -0.15) is 0 Å². The van der Waals surface area contributed by atoms with Gasteiger partial charge in [0.2, 0.25) is 5.91 Å². The van der Waals surface area contributed by atoms with Gasteiger partial charge >= 0.3 is 5.97 Å². The molecule has 1 aromatic carbocycles. The third-order valence-electron chi connectivity index (χ3n) is 3.20. The largest absolute Gasteiger partial charge is 0.476 e. The van der Waals surface area contributed by atoms with Gasteiger partial charge in [0.15, 0.2) is 5.69 Å². The molecule has 0 radical (unpaired) electrons. The second-order valence-corrected chi connectivity index (χ2v) is 4.71. The number of hydrogen-bond donors (Lipinski definition) is 1. The molecule has 2 rings (SSSR count). The monoisotopic (exact) mass is 324 g/mol. The van der Waals surface area contributed by atoms with E-state index >= 15 is 0 Å². The van der Waals surface area contributed by atoms with Gasteiger partial charge < -0.3 is 10.0 Å². The predicted octanol–water partition coefficient (Wildman–Crippen LogP) is 1.30. The third-order valence-corrected chi connectivity index (χ3v) is 3.20. The fourth-order valence-electron chi connectivity index (χ4n) is 1.96. The van der Waals surface area contributed by atoms with Gasteiger partial charge in [0.25, 0.3) is 0 Å². The number of carboxylic acid groups (broad SMARTS) is 1. The van der Waals surface area contributed by atoms with Crippen LogP contribution in [0.4, 0.5) is 8.78 Å². The first-order chi connectivity index (χ1) is 10.9. The molecule has 1 heterocycles. The van der Waals surface area contributed by atoms with Crippen molar-refractivity contribution in [2.45, 2.75) is 20.0 Å². The molecule has 0 saturated carbocycles. The first kappa shape index (κ1) is 16.5. The van der Waals surface area contributed by atoms with E-state index in [4.69, 9.17) is 5.11 Å². The fraction of sp³-hybridized carbons (Fsp3) is 0.286. The number of carbonyl (C=O) groups is 2. The minimum Gasteiger partial charge on any atom is -0.476 e. The van der Waals surface area contributed by atoms with Crippen LogP contribution < -0.4 is 0 Å². The summed E-state index contributed by atoms with van der Waals surface area (Å²) in [7, 11) is 0. The van der Waals surface area contributed by atoms with Crippen LogP contribution in [-0.2, 0) is 17.9 Å². The van der Waals surface area contributed by atoms with Crippen molar-refractivity contribution in [1.82, 2.24) is 19.9 Å². The molecule has 122 valence electrons. The van der Waals surface area contributed by atoms with Gasteiger partial charge in [0, 0.05) is 12.1 Å². The SMILES string of the molecule is CCN(Cc1c(F)cccc1F)C(=O)Cn1cc(C(=O)O)nn1. The maximum atomic E-state index is 13.7. The van der Waals surface area contributed by atoms with E-state index in [0.29, 0.717) is 0 Å². The number of hydrogen-bond acceptors (Lipinski definition) is 4. The van der Waals surface area contributed by atoms with Gasteiger partial charge in [0.05, 0.1) is 12.7 Å². The molecule has 0 aliphatic carbocycles. The summed E-state index contributed by atoms with van der Waals surface area (Å²) in [5.41, 5.74) is -0.492. The Labute approximate surface area is 130 Å². The molecule has 0 aliphatic heterocycles. The van der Waals surface area contributed by atoms with Crippen molar-refractivity contribution < 1.29 is 23.5 Å². The lowest BCUT2D eigenvalue weighted by atomic mass is 10.2. The number of carboxylic acids is 1. The van der Waals surface area contributed by atoms with Gasteiger partial charge in [-0.05, 0) is 19.1 Å². The van der Waals surface area contributed by atoms with Crippen LogP contribution in [0.3, 0.4) is 0 Å². The Morgan fingerprint density at radius 3 is 2.48 bits per heavy atom. The topological polar surface area (TPSA) is 88.3 Å². The Balaban J connectivity index is 2.10. The Bertz CT molecular complexity index is 712. The maximum absolute atomic E-state index is 13.7. The standard InChI is InChI=1S/C14H14F2N4O3/c1-2-19(6-9-10(15)4-3-5-11(9)16)13(21)8-20-7-12(14(22)23)17-18-20/h3-5,7H,2,6,8H2,1H3,(H,22,23). The highest BCUT2D eigenvalue weighted by Gasteiger charge is 2.18. The van der Waals surface area contributed by atoms with Crippen LogP contribution in [0.5, 0.6) is 0 Å². The van der Waals surface area contributed by atoms with Crippen molar-refractivity contribution in [3.63, 3.8) is 0 Å². The van der Waals surface area contributed by atoms with Gasteiger partial charge in [-0.1, -0.05) is 11.3 Å². The number of rotatable bonds is 6. The van der Waals surface area contributed by atoms with Gasteiger partial charge in [0.1, 0.15) is 18.2 Å². The average Bonchev–Trinajstić information content (AvgIpc) is 2.95. The quantitative estimate of drug-likeness (QED) is 0.865. The lowest BCUT2D eigenvalue weighted by Crippen LogP contribution is -2.34. The molecule has 1 N–H and O–H groups in total. The molecular weight excluding hydrogens is 310 g/mol. The van der Waals surface area contributed by atoms with E-state index in [0.717, 1.165) is 23.0 Å². The highest BCUT2D eigenvalue weighted by atomic mass is 19.1. The number of carbonyl (C=O) groups excluding carboxylic acids is 1. The zero-order valence-electron chi connectivity index (χ0n) is 12.2. The molecule has 0 fully saturated rings. The molecule has 9 heteroatoms. The molecule has 0 spiro atoms. The lowest BCUT2D eigenvalue weighted by Gasteiger charge is -2.21. The fourth-order valence-corrected chi connectivity index (χ4v) is 1.96. The smallest absolute Gasteiger partial charge is 0.358 e. The second kappa shape index (κ2) is 6.95. The normalized spacial score (nSPS) is 10.6. The predicted molar refractivity (Wildman–Crippen MR) is 74.4 cm³/mol. The lowest BCUT2D eigenvalue weighted by molar-refractivity contribution is -0.132. The van der Waals surface area contributed by atoms with E-state index in [2.05, 4.69) is 10.3 Å². The minimum atomic E-state index is -1.26. The Kier molecular flexibility index (Phi) is 4.99. The average molecular weight is 324 g/mol. The summed E-state index contributed by atoms with van der Waals surface area (Å²) in [6, 6.07) is 3.48. The van der Waals surface area contributed by atoms with Gasteiger partial charge in [-0.15, -0.1) is 5.10 Å². The van der Waals surface area contributed by atoms with Crippen molar-refractivity contribution in [3.8, 4) is 0 Å². The van der Waals surface area contributed by atoms with Crippen LogP contribution in [-0.4, -0.2) is 43.4 Å². The van der Waals surface area contributed by atoms with E-state index in [9.17, 15) is 18.4 Å². The number of benzene rings is 1. The first-order valence-corrected chi connectivity index (χ1v) is 6.76. The molecule has 0 unspecified atom stereocenters. The molecule has 1 aromatic heterocycles. The highest BCUT2D eigenvalue weighted by Crippen LogP contribution is 2.15. The minimum absolute atomic E-state index is 0.201. The highest BCUT2D eigenvalue weighted by molar-refractivity contribution is 5.84. The Morgan fingerprint density at radius 2 is 1.96 bits per heavy atom. The maximum Gasteiger partial charge on any atom is 0.358 e. The number of aromatic carboxylic acids is 1. The van der Waals surface area contributed by atoms with Crippen molar-refractivity contribution >= 4 is 11.9 Å². The third kappa shape index (κ3) is 3.87. The number of amides is 1. The number of halogens is 2. The van der Waals surface area contributed by atoms with Crippen LogP contribution >= 0.6 is 0 Å². The molecule has 0 saturated heterocycles. The molecule has 0 bridgehead atoms. The van der Waals surface area contributed by atoms with E-state index in [1.807, 2.05) is 0 Å². The summed E-state index contributed by atoms with van der Waals surface area (Å²) >= 11 is 0. The summed E-state index contributed by atoms with van der Waals surface area (Å²) in [6.45, 7) is 1.40. The summed E-state index contributed by atoms with van der Waals surface area (Å²) in [4.78, 5) is 24.1. The van der Waals surface area contributed by atoms with Crippen LogP contribution in [0, 0.1) is 11.6 Å². The van der Waals surface area contributed by atoms with E-state index < -0.39 is 23.5 Å². The van der Waals surface area contributed by atoms with Crippen LogP contribution in [0.1, 0.15) is 23.0 Å². The summed E-state index contributed by atoms with van der Waals surface area (Å²) in [5, 5.41) is 15.7. The Hall–Kier alpha value is -2.84. The number of likely N-dealkylation sites (N-methyl/N-ethyl adjacent to an activating group) is 1. The zero-order chi connectivity index (χ0) is 17.0. The van der Waals surface area contributed by atoms with Crippen molar-refractivity contribution in [2.75, 3.05) is 6.54 Å². The molecule has 0 aliphatic rings. The molecule has 0 atom stereocenters. The molecule has 2 aromatic rings. The van der Waals surface area contributed by atoms with Crippen LogP contribution in [0.25, 0.3) is 0 Å². The summed E-state index contributed by atoms with van der Waals surface area (Å²) in [6.07, 6.45) is 1.11.